The van der Waals surface area contributed by atoms with Gasteiger partial charge in [-0.05, 0) is 43.9 Å². The van der Waals surface area contributed by atoms with Crippen molar-refractivity contribution in [3.63, 3.8) is 0 Å². The first kappa shape index (κ1) is 18.2. The summed E-state index contributed by atoms with van der Waals surface area (Å²) in [6.45, 7) is 5.71. The number of rotatable bonds is 6. The summed E-state index contributed by atoms with van der Waals surface area (Å²) in [5.41, 5.74) is 4.17. The standard InChI is InChI=1S/C20H25ClN2O2/c1-13-7-8-16-11-17(19(21)22-18(16)14(13)2)12-23(9-10-25-3)20(24)15-5-4-6-15/h7-8,11,15H,4-6,9-10,12H2,1-3H3. The van der Waals surface area contributed by atoms with Crippen molar-refractivity contribution in [3.8, 4) is 0 Å². The Morgan fingerprint density at radius 1 is 1.36 bits per heavy atom. The van der Waals surface area contributed by atoms with Crippen LogP contribution in [0, 0.1) is 19.8 Å². The largest absolute Gasteiger partial charge is 0.383 e. The van der Waals surface area contributed by atoms with Gasteiger partial charge in [-0.3, -0.25) is 4.79 Å². The van der Waals surface area contributed by atoms with E-state index in [1.807, 2.05) is 4.90 Å². The van der Waals surface area contributed by atoms with E-state index in [2.05, 4.69) is 37.0 Å². The molecule has 0 aliphatic heterocycles. The second-order valence-electron chi connectivity index (χ2n) is 6.90. The minimum absolute atomic E-state index is 0.161. The maximum absolute atomic E-state index is 12.7. The van der Waals surface area contributed by atoms with Gasteiger partial charge in [-0.15, -0.1) is 0 Å². The molecule has 3 rings (SSSR count). The molecule has 0 saturated heterocycles. The predicted molar refractivity (Wildman–Crippen MR) is 101 cm³/mol. The second kappa shape index (κ2) is 7.71. The van der Waals surface area contributed by atoms with Crippen molar-refractivity contribution in [2.45, 2.75) is 39.7 Å². The molecule has 0 N–H and O–H groups in total. The van der Waals surface area contributed by atoms with E-state index >= 15 is 0 Å². The number of hydrogen-bond donors (Lipinski definition) is 0. The highest BCUT2D eigenvalue weighted by molar-refractivity contribution is 6.30. The summed E-state index contributed by atoms with van der Waals surface area (Å²) in [6.07, 6.45) is 3.13. The maximum Gasteiger partial charge on any atom is 0.226 e. The molecule has 0 unspecified atom stereocenters. The molecule has 1 aliphatic carbocycles. The van der Waals surface area contributed by atoms with E-state index in [0.29, 0.717) is 24.8 Å². The molecule has 134 valence electrons. The molecule has 2 aromatic rings. The minimum Gasteiger partial charge on any atom is -0.383 e. The Kier molecular flexibility index (Phi) is 5.60. The minimum atomic E-state index is 0.161. The van der Waals surface area contributed by atoms with Crippen LogP contribution in [0.15, 0.2) is 18.2 Å². The number of carbonyl (C=O) groups is 1. The summed E-state index contributed by atoms with van der Waals surface area (Å²) in [4.78, 5) is 19.2. The Balaban J connectivity index is 1.89. The number of ether oxygens (including phenoxy) is 1. The zero-order valence-corrected chi connectivity index (χ0v) is 15.9. The summed E-state index contributed by atoms with van der Waals surface area (Å²) in [5.74, 6) is 0.369. The third kappa shape index (κ3) is 3.80. The van der Waals surface area contributed by atoms with Crippen LogP contribution in [0.4, 0.5) is 0 Å². The van der Waals surface area contributed by atoms with Gasteiger partial charge >= 0.3 is 0 Å². The van der Waals surface area contributed by atoms with E-state index in [-0.39, 0.29) is 11.8 Å². The molecule has 1 aliphatic rings. The fraction of sp³-hybridized carbons (Fsp3) is 0.500. The fourth-order valence-electron chi connectivity index (χ4n) is 3.20. The Morgan fingerprint density at radius 2 is 2.12 bits per heavy atom. The number of benzene rings is 1. The monoisotopic (exact) mass is 360 g/mol. The first-order valence-corrected chi connectivity index (χ1v) is 9.22. The van der Waals surface area contributed by atoms with Crippen molar-refractivity contribution in [2.24, 2.45) is 5.92 Å². The molecular formula is C20H25ClN2O2. The number of aryl methyl sites for hydroxylation is 2. The normalized spacial score (nSPS) is 14.6. The van der Waals surface area contributed by atoms with Gasteiger partial charge in [0.05, 0.1) is 12.1 Å². The van der Waals surface area contributed by atoms with Crippen LogP contribution in [0.3, 0.4) is 0 Å². The summed E-state index contributed by atoms with van der Waals surface area (Å²) < 4.78 is 5.18. The van der Waals surface area contributed by atoms with Crippen LogP contribution in [0.5, 0.6) is 0 Å². The molecule has 1 amide bonds. The van der Waals surface area contributed by atoms with Crippen LogP contribution < -0.4 is 0 Å². The fourth-order valence-corrected chi connectivity index (χ4v) is 3.40. The van der Waals surface area contributed by atoms with Crippen molar-refractivity contribution in [1.29, 1.82) is 0 Å². The zero-order chi connectivity index (χ0) is 18.0. The SMILES string of the molecule is COCCN(Cc1cc2ccc(C)c(C)c2nc1Cl)C(=O)C1CCC1. The summed E-state index contributed by atoms with van der Waals surface area (Å²) >= 11 is 6.46. The lowest BCUT2D eigenvalue weighted by atomic mass is 9.84. The van der Waals surface area contributed by atoms with E-state index < -0.39 is 0 Å². The van der Waals surface area contributed by atoms with Gasteiger partial charge < -0.3 is 9.64 Å². The lowest BCUT2D eigenvalue weighted by Crippen LogP contribution is -2.40. The molecule has 0 spiro atoms. The second-order valence-corrected chi connectivity index (χ2v) is 7.26. The Labute approximate surface area is 154 Å². The Bertz CT molecular complexity index is 787. The zero-order valence-electron chi connectivity index (χ0n) is 15.1. The van der Waals surface area contributed by atoms with Gasteiger partial charge in [0.2, 0.25) is 5.91 Å². The summed E-state index contributed by atoms with van der Waals surface area (Å²) in [6, 6.07) is 6.22. The number of hydrogen-bond acceptors (Lipinski definition) is 3. The van der Waals surface area contributed by atoms with Crippen molar-refractivity contribution in [2.75, 3.05) is 20.3 Å². The molecule has 1 saturated carbocycles. The van der Waals surface area contributed by atoms with Crippen molar-refractivity contribution >= 4 is 28.4 Å². The van der Waals surface area contributed by atoms with Gasteiger partial charge in [0.25, 0.3) is 0 Å². The lowest BCUT2D eigenvalue weighted by molar-refractivity contribution is -0.139. The van der Waals surface area contributed by atoms with E-state index in [9.17, 15) is 4.79 Å². The van der Waals surface area contributed by atoms with Gasteiger partial charge in [0.15, 0.2) is 0 Å². The molecule has 0 bridgehead atoms. The first-order chi connectivity index (χ1) is 12.0. The first-order valence-electron chi connectivity index (χ1n) is 8.84. The Morgan fingerprint density at radius 3 is 2.76 bits per heavy atom. The third-order valence-electron chi connectivity index (χ3n) is 5.23. The quantitative estimate of drug-likeness (QED) is 0.722. The van der Waals surface area contributed by atoms with Crippen molar-refractivity contribution in [3.05, 3.63) is 40.0 Å². The molecule has 5 heteroatoms. The van der Waals surface area contributed by atoms with Crippen molar-refractivity contribution in [1.82, 2.24) is 9.88 Å². The number of methoxy groups -OCH3 is 1. The average Bonchev–Trinajstić information content (AvgIpc) is 2.54. The van der Waals surface area contributed by atoms with Gasteiger partial charge in [-0.2, -0.15) is 0 Å². The lowest BCUT2D eigenvalue weighted by Gasteiger charge is -2.31. The topological polar surface area (TPSA) is 42.4 Å². The molecule has 1 fully saturated rings. The van der Waals surface area contributed by atoms with Crippen molar-refractivity contribution < 1.29 is 9.53 Å². The highest BCUT2D eigenvalue weighted by Crippen LogP contribution is 2.30. The van der Waals surface area contributed by atoms with Crippen LogP contribution in [0.1, 0.15) is 36.0 Å². The van der Waals surface area contributed by atoms with Gasteiger partial charge in [0.1, 0.15) is 5.15 Å². The number of halogens is 1. The third-order valence-corrected chi connectivity index (χ3v) is 5.56. The van der Waals surface area contributed by atoms with Gasteiger partial charge in [-0.1, -0.05) is 30.2 Å². The highest BCUT2D eigenvalue weighted by Gasteiger charge is 2.29. The predicted octanol–water partition coefficient (Wildman–Crippen LogP) is 4.28. The molecule has 1 aromatic heterocycles. The maximum atomic E-state index is 12.7. The van der Waals surface area contributed by atoms with E-state index in [1.54, 1.807) is 7.11 Å². The molecule has 4 nitrogen and oxygen atoms in total. The smallest absolute Gasteiger partial charge is 0.226 e. The summed E-state index contributed by atoms with van der Waals surface area (Å²) in [5, 5.41) is 1.54. The summed E-state index contributed by atoms with van der Waals surface area (Å²) in [7, 11) is 1.65. The van der Waals surface area contributed by atoms with E-state index in [0.717, 1.165) is 41.3 Å². The van der Waals surface area contributed by atoms with Crippen LogP contribution in [0.2, 0.25) is 5.15 Å². The molecule has 25 heavy (non-hydrogen) atoms. The number of amides is 1. The van der Waals surface area contributed by atoms with Crippen LogP contribution in [-0.4, -0.2) is 36.1 Å². The number of aromatic nitrogens is 1. The van der Waals surface area contributed by atoms with Crippen LogP contribution >= 0.6 is 11.6 Å². The number of fused-ring (bicyclic) bond motifs is 1. The van der Waals surface area contributed by atoms with Gasteiger partial charge in [-0.25, -0.2) is 4.98 Å². The molecular weight excluding hydrogens is 336 g/mol. The molecule has 0 radical (unpaired) electrons. The van der Waals surface area contributed by atoms with E-state index in [1.165, 1.54) is 5.56 Å². The number of pyridine rings is 1. The molecule has 1 heterocycles. The molecule has 0 atom stereocenters. The Hall–Kier alpha value is -1.65. The van der Waals surface area contributed by atoms with E-state index in [4.69, 9.17) is 16.3 Å². The average molecular weight is 361 g/mol. The number of carbonyl (C=O) groups excluding carboxylic acids is 1. The highest BCUT2D eigenvalue weighted by atomic mass is 35.5. The van der Waals surface area contributed by atoms with Gasteiger partial charge in [0, 0.05) is 37.1 Å². The number of nitrogens with zero attached hydrogens (tertiary/aromatic N) is 2. The molecule has 1 aromatic carbocycles. The van der Waals surface area contributed by atoms with Crippen LogP contribution in [0.25, 0.3) is 10.9 Å². The van der Waals surface area contributed by atoms with Crippen LogP contribution in [-0.2, 0) is 16.1 Å².